The van der Waals surface area contributed by atoms with E-state index in [4.69, 9.17) is 5.11 Å². The summed E-state index contributed by atoms with van der Waals surface area (Å²) in [6, 6.07) is 11.9. The Labute approximate surface area is 125 Å². The van der Waals surface area contributed by atoms with Crippen molar-refractivity contribution in [2.45, 2.75) is 6.42 Å². The summed E-state index contributed by atoms with van der Waals surface area (Å²) in [5, 5.41) is 8.99. The van der Waals surface area contributed by atoms with Crippen LogP contribution in [-0.4, -0.2) is 27.1 Å². The second-order valence-corrected chi connectivity index (χ2v) is 4.77. The van der Waals surface area contributed by atoms with Gasteiger partial charge in [-0.3, -0.25) is 0 Å². The number of carbonyl (C=O) groups excluding carboxylic acids is 1. The lowest BCUT2D eigenvalue weighted by atomic mass is 10.1. The van der Waals surface area contributed by atoms with E-state index in [1.54, 1.807) is 24.3 Å². The van der Waals surface area contributed by atoms with Gasteiger partial charge in [-0.15, -0.1) is 0 Å². The van der Waals surface area contributed by atoms with Crippen LogP contribution in [-0.2, 0) is 11.2 Å². The molecule has 0 saturated heterocycles. The second kappa shape index (κ2) is 5.63. The molecule has 0 fully saturated rings. The summed E-state index contributed by atoms with van der Waals surface area (Å²) >= 11 is 0. The molecular weight excluding hydrogens is 282 g/mol. The van der Waals surface area contributed by atoms with E-state index in [1.165, 1.54) is 12.1 Å². The van der Waals surface area contributed by atoms with Crippen LogP contribution in [0.15, 0.2) is 47.5 Å². The maximum atomic E-state index is 11.0. The van der Waals surface area contributed by atoms with Crippen molar-refractivity contribution >= 4 is 28.8 Å². The van der Waals surface area contributed by atoms with Crippen LogP contribution in [0.5, 0.6) is 0 Å². The SMILES string of the molecule is O=C=Nc1ccc(Cc2nc3ccc(C(=O)O)cc3[nH]2)cc1. The molecule has 108 valence electrons. The molecule has 0 atom stereocenters. The zero-order chi connectivity index (χ0) is 15.5. The fraction of sp³-hybridized carbons (Fsp3) is 0.0625. The molecule has 22 heavy (non-hydrogen) atoms. The van der Waals surface area contributed by atoms with Crippen LogP contribution in [0.4, 0.5) is 5.69 Å². The number of aromatic amines is 1. The highest BCUT2D eigenvalue weighted by Crippen LogP contribution is 2.18. The van der Waals surface area contributed by atoms with Gasteiger partial charge in [0.2, 0.25) is 6.08 Å². The Morgan fingerprint density at radius 2 is 2.00 bits per heavy atom. The number of nitrogens with zero attached hydrogens (tertiary/aromatic N) is 2. The molecule has 6 nitrogen and oxygen atoms in total. The van der Waals surface area contributed by atoms with E-state index in [0.717, 1.165) is 16.9 Å². The molecule has 2 aromatic carbocycles. The monoisotopic (exact) mass is 293 g/mol. The van der Waals surface area contributed by atoms with E-state index < -0.39 is 5.97 Å². The lowest BCUT2D eigenvalue weighted by molar-refractivity contribution is 0.0697. The Balaban J connectivity index is 1.87. The largest absolute Gasteiger partial charge is 0.478 e. The lowest BCUT2D eigenvalue weighted by Crippen LogP contribution is -1.94. The first kappa shape index (κ1) is 13.7. The first-order valence-corrected chi connectivity index (χ1v) is 6.54. The molecule has 0 spiro atoms. The van der Waals surface area contributed by atoms with Crippen LogP contribution >= 0.6 is 0 Å². The molecule has 0 unspecified atom stereocenters. The smallest absolute Gasteiger partial charge is 0.335 e. The maximum absolute atomic E-state index is 11.0. The molecule has 6 heteroatoms. The number of nitrogens with one attached hydrogen (secondary N) is 1. The van der Waals surface area contributed by atoms with E-state index in [0.29, 0.717) is 17.6 Å². The van der Waals surface area contributed by atoms with Gasteiger partial charge < -0.3 is 10.1 Å². The number of hydrogen-bond acceptors (Lipinski definition) is 4. The Bertz CT molecular complexity index is 891. The zero-order valence-electron chi connectivity index (χ0n) is 11.4. The number of carboxylic acid groups (broad SMARTS) is 1. The van der Waals surface area contributed by atoms with Gasteiger partial charge in [0.25, 0.3) is 0 Å². The van der Waals surface area contributed by atoms with Crippen molar-refractivity contribution in [2.24, 2.45) is 4.99 Å². The first-order chi connectivity index (χ1) is 10.7. The third-order valence-electron chi connectivity index (χ3n) is 3.26. The number of aromatic nitrogens is 2. The molecule has 0 radical (unpaired) electrons. The molecular formula is C16H11N3O3. The standard InChI is InChI=1S/C16H11N3O3/c20-9-17-12-4-1-10(2-5-12)7-15-18-13-6-3-11(16(21)22)8-14(13)19-15/h1-6,8H,7H2,(H,18,19)(H,21,22). The van der Waals surface area contributed by atoms with Gasteiger partial charge >= 0.3 is 5.97 Å². The van der Waals surface area contributed by atoms with Gasteiger partial charge in [0.15, 0.2) is 0 Å². The van der Waals surface area contributed by atoms with Crippen molar-refractivity contribution in [1.82, 2.24) is 9.97 Å². The van der Waals surface area contributed by atoms with Crippen molar-refractivity contribution in [2.75, 3.05) is 0 Å². The maximum Gasteiger partial charge on any atom is 0.335 e. The van der Waals surface area contributed by atoms with Gasteiger partial charge in [0.1, 0.15) is 5.82 Å². The van der Waals surface area contributed by atoms with Crippen LogP contribution in [0.25, 0.3) is 11.0 Å². The molecule has 0 aliphatic heterocycles. The zero-order valence-corrected chi connectivity index (χ0v) is 11.4. The number of isocyanates is 1. The number of aromatic carboxylic acids is 1. The van der Waals surface area contributed by atoms with Gasteiger partial charge in [-0.2, -0.15) is 4.99 Å². The fourth-order valence-corrected chi connectivity index (χ4v) is 2.21. The number of H-pyrrole nitrogens is 1. The van der Waals surface area contributed by atoms with E-state index in [-0.39, 0.29) is 5.56 Å². The van der Waals surface area contributed by atoms with E-state index in [9.17, 15) is 9.59 Å². The van der Waals surface area contributed by atoms with Gasteiger partial charge in [-0.1, -0.05) is 12.1 Å². The predicted octanol–water partition coefficient (Wildman–Crippen LogP) is 2.82. The highest BCUT2D eigenvalue weighted by atomic mass is 16.4. The molecule has 1 heterocycles. The van der Waals surface area contributed by atoms with Crippen LogP contribution in [0.1, 0.15) is 21.7 Å². The minimum atomic E-state index is -0.968. The number of aliphatic imine (C=N–C) groups is 1. The van der Waals surface area contributed by atoms with Crippen LogP contribution < -0.4 is 0 Å². The van der Waals surface area contributed by atoms with Crippen molar-refractivity contribution in [1.29, 1.82) is 0 Å². The Kier molecular flexibility index (Phi) is 3.52. The Morgan fingerprint density at radius 1 is 1.23 bits per heavy atom. The van der Waals surface area contributed by atoms with Gasteiger partial charge in [-0.05, 0) is 35.9 Å². The lowest BCUT2D eigenvalue weighted by Gasteiger charge is -1.98. The molecule has 2 N–H and O–H groups in total. The summed E-state index contributed by atoms with van der Waals surface area (Å²) in [5.74, 6) is -0.228. The predicted molar refractivity (Wildman–Crippen MR) is 80.1 cm³/mol. The minimum Gasteiger partial charge on any atom is -0.478 e. The average molecular weight is 293 g/mol. The van der Waals surface area contributed by atoms with Crippen molar-refractivity contribution < 1.29 is 14.7 Å². The number of carbonyl (C=O) groups is 1. The Morgan fingerprint density at radius 3 is 2.68 bits per heavy atom. The second-order valence-electron chi connectivity index (χ2n) is 4.77. The Hall–Kier alpha value is -3.24. The average Bonchev–Trinajstić information content (AvgIpc) is 2.90. The number of benzene rings is 2. The first-order valence-electron chi connectivity index (χ1n) is 6.54. The number of carboxylic acids is 1. The summed E-state index contributed by atoms with van der Waals surface area (Å²) in [6.07, 6.45) is 2.07. The molecule has 3 rings (SSSR count). The number of fused-ring (bicyclic) bond motifs is 1. The van der Waals surface area contributed by atoms with Crippen LogP contribution in [0.2, 0.25) is 0 Å². The fourth-order valence-electron chi connectivity index (χ4n) is 2.21. The molecule has 0 aliphatic carbocycles. The molecule has 0 amide bonds. The van der Waals surface area contributed by atoms with Gasteiger partial charge in [0, 0.05) is 6.42 Å². The van der Waals surface area contributed by atoms with Crippen molar-refractivity contribution in [3.8, 4) is 0 Å². The molecule has 3 aromatic rings. The number of rotatable bonds is 4. The number of imidazole rings is 1. The highest BCUT2D eigenvalue weighted by Gasteiger charge is 2.08. The van der Waals surface area contributed by atoms with Gasteiger partial charge in [0.05, 0.1) is 22.3 Å². The van der Waals surface area contributed by atoms with Crippen molar-refractivity contribution in [3.05, 3.63) is 59.4 Å². The molecule has 1 aromatic heterocycles. The summed E-state index contributed by atoms with van der Waals surface area (Å²) in [6.45, 7) is 0. The summed E-state index contributed by atoms with van der Waals surface area (Å²) in [5.41, 5.74) is 3.19. The quantitative estimate of drug-likeness (QED) is 0.571. The van der Waals surface area contributed by atoms with Crippen LogP contribution in [0.3, 0.4) is 0 Å². The van der Waals surface area contributed by atoms with E-state index in [1.807, 2.05) is 12.1 Å². The molecule has 0 aliphatic rings. The summed E-state index contributed by atoms with van der Waals surface area (Å²) in [4.78, 5) is 32.2. The van der Waals surface area contributed by atoms with Gasteiger partial charge in [-0.25, -0.2) is 14.6 Å². The van der Waals surface area contributed by atoms with E-state index >= 15 is 0 Å². The van der Waals surface area contributed by atoms with Crippen molar-refractivity contribution in [3.63, 3.8) is 0 Å². The summed E-state index contributed by atoms with van der Waals surface area (Å²) in [7, 11) is 0. The third-order valence-corrected chi connectivity index (χ3v) is 3.26. The molecule has 0 saturated carbocycles. The molecule has 0 bridgehead atoms. The number of hydrogen-bond donors (Lipinski definition) is 2. The van der Waals surface area contributed by atoms with E-state index in [2.05, 4.69) is 15.0 Å². The topological polar surface area (TPSA) is 95.4 Å². The van der Waals surface area contributed by atoms with Crippen LogP contribution in [0, 0.1) is 0 Å². The third kappa shape index (κ3) is 2.77. The summed E-state index contributed by atoms with van der Waals surface area (Å²) < 4.78 is 0. The highest BCUT2D eigenvalue weighted by molar-refractivity contribution is 5.92. The minimum absolute atomic E-state index is 0.221. The normalized spacial score (nSPS) is 10.4.